The summed E-state index contributed by atoms with van der Waals surface area (Å²) in [5.41, 5.74) is 12.0. The van der Waals surface area contributed by atoms with Crippen LogP contribution in [0, 0.1) is 23.7 Å². The van der Waals surface area contributed by atoms with Crippen molar-refractivity contribution in [3.05, 3.63) is 35.9 Å². The largest absolute Gasteiger partial charge is 0.481 e. The number of hydrogen-bond acceptors (Lipinski definition) is 13. The second kappa shape index (κ2) is 32.8. The van der Waals surface area contributed by atoms with Gasteiger partial charge in [0.15, 0.2) is 0 Å². The summed E-state index contributed by atoms with van der Waals surface area (Å²) < 4.78 is 0. The van der Waals surface area contributed by atoms with Gasteiger partial charge in [-0.1, -0.05) is 85.7 Å². The van der Waals surface area contributed by atoms with Crippen LogP contribution in [-0.2, 0) is 64.0 Å². The summed E-state index contributed by atoms with van der Waals surface area (Å²) in [6.07, 6.45) is 0.685. The van der Waals surface area contributed by atoms with E-state index in [4.69, 9.17) is 16.6 Å². The maximum atomic E-state index is 14.6. The third-order valence-electron chi connectivity index (χ3n) is 13.7. The summed E-state index contributed by atoms with van der Waals surface area (Å²) in [5.74, 6) is -10.1. The van der Waals surface area contributed by atoms with Gasteiger partial charge < -0.3 is 68.7 Å². The predicted molar refractivity (Wildman–Crippen MR) is 293 cm³/mol. The monoisotopic (exact) mass is 1130 g/mol. The van der Waals surface area contributed by atoms with E-state index in [0.29, 0.717) is 24.8 Å². The number of carboxylic acid groups (broad SMARTS) is 2. The van der Waals surface area contributed by atoms with E-state index in [9.17, 15) is 62.6 Å². The van der Waals surface area contributed by atoms with Gasteiger partial charge in [0.05, 0.1) is 12.6 Å². The first-order valence-electron chi connectivity index (χ1n) is 27.8. The number of carboxylic acids is 2. The molecule has 1 aromatic carbocycles. The molecular formula is C55H87N11O14. The highest BCUT2D eigenvalue weighted by Crippen LogP contribution is 2.27. The molecule has 2 fully saturated rings. The van der Waals surface area contributed by atoms with Crippen LogP contribution in [0.3, 0.4) is 0 Å². The first-order valence-corrected chi connectivity index (χ1v) is 27.8. The molecule has 3 rings (SSSR count). The molecular weight excluding hydrogens is 1040 g/mol. The van der Waals surface area contributed by atoms with Crippen molar-refractivity contribution in [3.8, 4) is 0 Å². The Hall–Kier alpha value is -7.18. The van der Waals surface area contributed by atoms with Crippen LogP contribution < -0.4 is 48.7 Å². The highest BCUT2D eigenvalue weighted by atomic mass is 16.4. The maximum absolute atomic E-state index is 14.6. The van der Waals surface area contributed by atoms with Crippen molar-refractivity contribution in [1.29, 1.82) is 0 Å². The van der Waals surface area contributed by atoms with Gasteiger partial charge in [-0.05, 0) is 93.4 Å². The first-order chi connectivity index (χ1) is 37.6. The number of rotatable bonds is 33. The molecule has 0 radical (unpaired) electrons. The minimum absolute atomic E-state index is 0.0323. The number of aliphatic carboxylic acids is 2. The molecule has 0 unspecified atom stereocenters. The van der Waals surface area contributed by atoms with Crippen LogP contribution in [0.4, 0.5) is 0 Å². The lowest BCUT2D eigenvalue weighted by Crippen LogP contribution is -2.60. The molecule has 25 nitrogen and oxygen atoms in total. The summed E-state index contributed by atoms with van der Waals surface area (Å²) in [6.45, 7) is 14.2. The number of likely N-dealkylation sites (tertiary alicyclic amines) is 2. The van der Waals surface area contributed by atoms with Crippen molar-refractivity contribution in [2.75, 3.05) is 19.6 Å². The average Bonchev–Trinajstić information content (AvgIpc) is 4.09. The molecule has 10 amide bonds. The second-order valence-electron chi connectivity index (χ2n) is 22.6. The van der Waals surface area contributed by atoms with Crippen LogP contribution in [0.1, 0.15) is 138 Å². The van der Waals surface area contributed by atoms with Gasteiger partial charge in [-0.3, -0.25) is 52.7 Å². The van der Waals surface area contributed by atoms with E-state index in [1.54, 1.807) is 44.2 Å². The van der Waals surface area contributed by atoms with Crippen LogP contribution in [0.15, 0.2) is 30.3 Å². The molecule has 13 N–H and O–H groups in total. The fraction of sp³-hybridized carbons (Fsp3) is 0.673. The normalized spacial score (nSPS) is 17.8. The van der Waals surface area contributed by atoms with Crippen molar-refractivity contribution in [2.45, 2.75) is 193 Å². The lowest BCUT2D eigenvalue weighted by Gasteiger charge is -2.34. The van der Waals surface area contributed by atoms with Gasteiger partial charge in [0.1, 0.15) is 48.3 Å². The van der Waals surface area contributed by atoms with Crippen molar-refractivity contribution in [3.63, 3.8) is 0 Å². The summed E-state index contributed by atoms with van der Waals surface area (Å²) in [7, 11) is 0. The summed E-state index contributed by atoms with van der Waals surface area (Å²) in [4.78, 5) is 163. The van der Waals surface area contributed by atoms with E-state index in [2.05, 4.69) is 37.2 Å². The van der Waals surface area contributed by atoms with Crippen molar-refractivity contribution >= 4 is 71.0 Å². The Morgan fingerprint density at radius 2 is 1.04 bits per heavy atom. The van der Waals surface area contributed by atoms with E-state index >= 15 is 0 Å². The summed E-state index contributed by atoms with van der Waals surface area (Å²) in [6, 6.07) is -2.18. The Morgan fingerprint density at radius 1 is 0.550 bits per heavy atom. The SMILES string of the molecule is CC(C)C[C@H](NC(=O)[C@@H]1CCCN1C(=O)[C@@H]1CCCN1C(=O)[C@H](CC(C)C)NC(=O)[C@H](CCC(N)=O)NC(=O)[C@H](Cc1ccccc1)NC(=O)CNC(=O)[C@H](CC(C)C)NC(=O)[C@H](CC(C)C)NC(=O)[C@@H](N)CCC(=O)O)C(=O)O. The molecule has 1 aromatic rings. The third-order valence-corrected chi connectivity index (χ3v) is 13.7. The minimum Gasteiger partial charge on any atom is -0.481 e. The van der Waals surface area contributed by atoms with E-state index in [1.807, 2.05) is 41.5 Å². The molecule has 25 heteroatoms. The summed E-state index contributed by atoms with van der Waals surface area (Å²) >= 11 is 0. The topological polar surface area (TPSA) is 388 Å². The molecule has 2 aliphatic rings. The molecule has 2 aliphatic heterocycles. The molecule has 9 atom stereocenters. The molecule has 0 saturated carbocycles. The second-order valence-corrected chi connectivity index (χ2v) is 22.6. The van der Waals surface area contributed by atoms with E-state index in [0.717, 1.165) is 0 Å². The van der Waals surface area contributed by atoms with Crippen molar-refractivity contribution in [1.82, 2.24) is 47.0 Å². The van der Waals surface area contributed by atoms with E-state index < -0.39 is 132 Å². The van der Waals surface area contributed by atoms with Gasteiger partial charge in [0.2, 0.25) is 59.1 Å². The quantitative estimate of drug-likeness (QED) is 0.0440. The summed E-state index contributed by atoms with van der Waals surface area (Å²) in [5, 5.41) is 37.1. The van der Waals surface area contributed by atoms with Gasteiger partial charge in [-0.2, -0.15) is 0 Å². The Balaban J connectivity index is 1.82. The molecule has 2 saturated heterocycles. The number of nitrogens with zero attached hydrogens (tertiary/aromatic N) is 2. The van der Waals surface area contributed by atoms with Crippen LogP contribution in [0.2, 0.25) is 0 Å². The smallest absolute Gasteiger partial charge is 0.326 e. The lowest BCUT2D eigenvalue weighted by molar-refractivity contribution is -0.149. The number of nitrogens with two attached hydrogens (primary N) is 2. The molecule has 446 valence electrons. The standard InChI is InChI=1S/C55H87N11O14/c1-30(2)24-37(62-50(74)38(25-31(3)4)61-47(71)35(56)18-21-46(69)70)48(72)58-29-45(68)59-39(28-34-14-10-9-11-15-34)51(75)60-36(19-20-44(57)67)49(73)63-40(26-32(5)6)53(77)66-23-13-17-43(66)54(78)65-22-12-16-42(65)52(76)64-41(55(79)80)27-33(7)8/h9-11,14-15,30-33,35-43H,12-13,16-29,56H2,1-8H3,(H2,57,67)(H,58,72)(H,59,68)(H,60,75)(H,61,71)(H,62,74)(H,63,73)(H,64,76)(H,69,70)(H,79,80)/t35-,36-,37-,38-,39-,40-,41-,42-,43-/m0/s1. The number of hydrogen-bond donors (Lipinski definition) is 11. The van der Waals surface area contributed by atoms with Crippen LogP contribution >= 0.6 is 0 Å². The van der Waals surface area contributed by atoms with E-state index in [1.165, 1.54) is 9.80 Å². The predicted octanol–water partition coefficient (Wildman–Crippen LogP) is -0.0373. The van der Waals surface area contributed by atoms with Crippen LogP contribution in [0.5, 0.6) is 0 Å². The van der Waals surface area contributed by atoms with Gasteiger partial charge in [-0.25, -0.2) is 4.79 Å². The van der Waals surface area contributed by atoms with Crippen LogP contribution in [0.25, 0.3) is 0 Å². The number of amides is 10. The third kappa shape index (κ3) is 22.5. The first kappa shape index (κ1) is 67.1. The lowest BCUT2D eigenvalue weighted by atomic mass is 9.99. The molecule has 2 heterocycles. The van der Waals surface area contributed by atoms with Crippen molar-refractivity contribution in [2.24, 2.45) is 35.1 Å². The fourth-order valence-electron chi connectivity index (χ4n) is 9.70. The van der Waals surface area contributed by atoms with Gasteiger partial charge in [0, 0.05) is 32.4 Å². The van der Waals surface area contributed by atoms with Gasteiger partial charge in [-0.15, -0.1) is 0 Å². The van der Waals surface area contributed by atoms with Crippen LogP contribution in [-0.4, -0.2) is 165 Å². The number of carbonyl (C=O) groups excluding carboxylic acids is 10. The zero-order chi connectivity index (χ0) is 60.0. The Morgan fingerprint density at radius 3 is 1.60 bits per heavy atom. The highest BCUT2D eigenvalue weighted by molar-refractivity contribution is 5.98. The Kier molecular flexibility index (Phi) is 27.5. The zero-order valence-electron chi connectivity index (χ0n) is 47.5. The molecule has 80 heavy (non-hydrogen) atoms. The highest BCUT2D eigenvalue weighted by Gasteiger charge is 2.45. The molecule has 0 aromatic heterocycles. The van der Waals surface area contributed by atoms with Gasteiger partial charge in [0.25, 0.3) is 0 Å². The molecule has 0 spiro atoms. The Bertz CT molecular complexity index is 2330. The number of carbonyl (C=O) groups is 12. The zero-order valence-corrected chi connectivity index (χ0v) is 47.5. The minimum atomic E-state index is -1.48. The molecule has 0 aliphatic carbocycles. The molecule has 0 bridgehead atoms. The number of primary amides is 1. The average molecular weight is 1130 g/mol. The number of nitrogens with one attached hydrogen (secondary N) is 7. The van der Waals surface area contributed by atoms with E-state index in [-0.39, 0.29) is 101 Å². The maximum Gasteiger partial charge on any atom is 0.326 e. The fourth-order valence-corrected chi connectivity index (χ4v) is 9.70. The van der Waals surface area contributed by atoms with Crippen molar-refractivity contribution < 1.29 is 67.7 Å². The number of benzene rings is 1. The Labute approximate surface area is 468 Å². The van der Waals surface area contributed by atoms with Gasteiger partial charge >= 0.3 is 11.9 Å².